The van der Waals surface area contributed by atoms with Crippen LogP contribution in [0.15, 0.2) is 54.6 Å². The summed E-state index contributed by atoms with van der Waals surface area (Å²) in [7, 11) is 3.10. The number of rotatable bonds is 7. The molecule has 0 saturated heterocycles. The molecule has 1 amide bonds. The molecule has 1 unspecified atom stereocenters. The topological polar surface area (TPSA) is 90.9 Å². The van der Waals surface area contributed by atoms with E-state index in [4.69, 9.17) is 9.47 Å². The van der Waals surface area contributed by atoms with Gasteiger partial charge in [-0.2, -0.15) is 0 Å². The molecule has 166 valence electrons. The van der Waals surface area contributed by atoms with Gasteiger partial charge in [-0.3, -0.25) is 9.69 Å². The number of carboxylic acid groups (broad SMARTS) is 1. The van der Waals surface area contributed by atoms with E-state index in [9.17, 15) is 14.7 Å². The Balaban J connectivity index is 1.58. The van der Waals surface area contributed by atoms with Crippen molar-refractivity contribution in [3.63, 3.8) is 0 Å². The molecule has 0 bridgehead atoms. The lowest BCUT2D eigenvalue weighted by Crippen LogP contribution is -2.43. The third-order valence-electron chi connectivity index (χ3n) is 5.88. The minimum absolute atomic E-state index is 0.0644. The second-order valence-electron chi connectivity index (χ2n) is 7.79. The van der Waals surface area contributed by atoms with E-state index in [0.29, 0.717) is 24.5 Å². The summed E-state index contributed by atoms with van der Waals surface area (Å²) in [6, 6.07) is 16.8. The Morgan fingerprint density at radius 3 is 2.53 bits per heavy atom. The lowest BCUT2D eigenvalue weighted by molar-refractivity contribution is -0.307. The Hall–Kier alpha value is -3.58. The molecule has 7 heteroatoms. The summed E-state index contributed by atoms with van der Waals surface area (Å²) < 4.78 is 10.8. The van der Waals surface area contributed by atoms with Gasteiger partial charge in [-0.25, -0.2) is 0 Å². The fourth-order valence-corrected chi connectivity index (χ4v) is 4.37. The molecular formula is C25H25N2O5-. The first-order valence-electron chi connectivity index (χ1n) is 10.5. The highest BCUT2D eigenvalue weighted by atomic mass is 16.5. The predicted octanol–water partition coefficient (Wildman–Crippen LogP) is 2.53. The van der Waals surface area contributed by atoms with Crippen LogP contribution in [0, 0.1) is 0 Å². The SMILES string of the molecule is COc1cc2c(cc1OC)C(CC(=O)[O-])N(CC(=O)Nc1cccc3ccccc13)CC2. The summed E-state index contributed by atoms with van der Waals surface area (Å²) in [4.78, 5) is 26.3. The molecule has 7 nitrogen and oxygen atoms in total. The van der Waals surface area contributed by atoms with Gasteiger partial charge in [0.25, 0.3) is 0 Å². The molecular weight excluding hydrogens is 408 g/mol. The van der Waals surface area contributed by atoms with Gasteiger partial charge in [0, 0.05) is 36.1 Å². The van der Waals surface area contributed by atoms with Crippen molar-refractivity contribution < 1.29 is 24.2 Å². The highest BCUT2D eigenvalue weighted by molar-refractivity contribution is 6.02. The van der Waals surface area contributed by atoms with Gasteiger partial charge >= 0.3 is 0 Å². The van der Waals surface area contributed by atoms with Crippen LogP contribution in [-0.2, 0) is 16.0 Å². The zero-order valence-corrected chi connectivity index (χ0v) is 18.1. The number of nitrogens with zero attached hydrogens (tertiary/aromatic N) is 1. The molecule has 0 saturated carbocycles. The first kappa shape index (κ1) is 21.6. The normalized spacial score (nSPS) is 15.8. The molecule has 1 N–H and O–H groups in total. The van der Waals surface area contributed by atoms with E-state index in [2.05, 4.69) is 5.32 Å². The number of ether oxygens (including phenoxy) is 2. The molecule has 0 aromatic heterocycles. The van der Waals surface area contributed by atoms with Crippen molar-refractivity contribution in [3.05, 3.63) is 65.7 Å². The molecule has 1 aliphatic rings. The van der Waals surface area contributed by atoms with Gasteiger partial charge in [-0.1, -0.05) is 36.4 Å². The van der Waals surface area contributed by atoms with Gasteiger partial charge in [0.1, 0.15) is 0 Å². The van der Waals surface area contributed by atoms with Crippen molar-refractivity contribution in [2.24, 2.45) is 0 Å². The Kier molecular flexibility index (Phi) is 6.28. The monoisotopic (exact) mass is 433 g/mol. The Bertz CT molecular complexity index is 1160. The number of fused-ring (bicyclic) bond motifs is 2. The fourth-order valence-electron chi connectivity index (χ4n) is 4.37. The van der Waals surface area contributed by atoms with E-state index < -0.39 is 12.0 Å². The molecule has 0 fully saturated rings. The van der Waals surface area contributed by atoms with Crippen molar-refractivity contribution >= 4 is 28.3 Å². The predicted molar refractivity (Wildman–Crippen MR) is 120 cm³/mol. The lowest BCUT2D eigenvalue weighted by atomic mass is 9.90. The van der Waals surface area contributed by atoms with Crippen LogP contribution in [0.25, 0.3) is 10.8 Å². The number of hydrogen-bond acceptors (Lipinski definition) is 6. The number of anilines is 1. The first-order chi connectivity index (χ1) is 15.5. The van der Waals surface area contributed by atoms with Crippen LogP contribution < -0.4 is 19.9 Å². The summed E-state index contributed by atoms with van der Waals surface area (Å²) in [5.41, 5.74) is 2.53. The maximum Gasteiger partial charge on any atom is 0.238 e. The van der Waals surface area contributed by atoms with Crippen LogP contribution in [0.2, 0.25) is 0 Å². The van der Waals surface area contributed by atoms with Gasteiger partial charge < -0.3 is 24.7 Å². The molecule has 1 heterocycles. The van der Waals surface area contributed by atoms with Gasteiger partial charge in [0.2, 0.25) is 5.91 Å². The third-order valence-corrected chi connectivity index (χ3v) is 5.88. The number of methoxy groups -OCH3 is 2. The second kappa shape index (κ2) is 9.28. The van der Waals surface area contributed by atoms with Gasteiger partial charge in [0.05, 0.1) is 20.8 Å². The number of carbonyl (C=O) groups is 2. The van der Waals surface area contributed by atoms with Crippen LogP contribution in [0.3, 0.4) is 0 Å². The number of amides is 1. The van der Waals surface area contributed by atoms with Crippen LogP contribution in [0.5, 0.6) is 11.5 Å². The van der Waals surface area contributed by atoms with Crippen molar-refractivity contribution in [2.75, 3.05) is 32.6 Å². The van der Waals surface area contributed by atoms with E-state index in [-0.39, 0.29) is 18.9 Å². The van der Waals surface area contributed by atoms with E-state index >= 15 is 0 Å². The van der Waals surface area contributed by atoms with E-state index in [1.165, 1.54) is 7.11 Å². The summed E-state index contributed by atoms with van der Waals surface area (Å²) >= 11 is 0. The fraction of sp³-hybridized carbons (Fsp3) is 0.280. The molecule has 3 aromatic rings. The maximum absolute atomic E-state index is 12.9. The summed E-state index contributed by atoms with van der Waals surface area (Å²) in [5.74, 6) is -0.247. The smallest absolute Gasteiger partial charge is 0.238 e. The average molecular weight is 433 g/mol. The molecule has 0 spiro atoms. The van der Waals surface area contributed by atoms with Gasteiger partial charge in [0.15, 0.2) is 11.5 Å². The molecule has 3 aromatic carbocycles. The van der Waals surface area contributed by atoms with Crippen molar-refractivity contribution in [1.82, 2.24) is 4.90 Å². The van der Waals surface area contributed by atoms with Gasteiger partial charge in [-0.05, 0) is 41.1 Å². The second-order valence-corrected chi connectivity index (χ2v) is 7.79. The Morgan fingerprint density at radius 1 is 1.06 bits per heavy atom. The van der Waals surface area contributed by atoms with Crippen LogP contribution in [0.1, 0.15) is 23.6 Å². The van der Waals surface area contributed by atoms with Gasteiger partial charge in [-0.15, -0.1) is 0 Å². The third kappa shape index (κ3) is 4.38. The average Bonchev–Trinajstić information content (AvgIpc) is 2.79. The Labute approximate surface area is 186 Å². The quantitative estimate of drug-likeness (QED) is 0.616. The van der Waals surface area contributed by atoms with Crippen LogP contribution in [0.4, 0.5) is 5.69 Å². The molecule has 32 heavy (non-hydrogen) atoms. The standard InChI is InChI=1S/C25H26N2O5/c1-31-22-12-17-10-11-27(21(14-25(29)30)19(17)13-23(22)32-2)15-24(28)26-20-9-5-7-16-6-3-4-8-18(16)20/h3-9,12-13,21H,10-11,14-15H2,1-2H3,(H,26,28)(H,29,30)/p-1. The molecule has 4 rings (SSSR count). The number of benzene rings is 3. The lowest BCUT2D eigenvalue weighted by Gasteiger charge is -2.37. The maximum atomic E-state index is 12.9. The highest BCUT2D eigenvalue weighted by Gasteiger charge is 2.30. The van der Waals surface area contributed by atoms with E-state index in [1.54, 1.807) is 13.2 Å². The molecule has 1 aliphatic heterocycles. The zero-order chi connectivity index (χ0) is 22.7. The summed E-state index contributed by atoms with van der Waals surface area (Å²) in [5, 5.41) is 16.5. The molecule has 0 radical (unpaired) electrons. The summed E-state index contributed by atoms with van der Waals surface area (Å²) in [6.45, 7) is 0.609. The number of aliphatic carboxylic acids is 1. The minimum atomic E-state index is -1.17. The number of nitrogens with one attached hydrogen (secondary N) is 1. The largest absolute Gasteiger partial charge is 0.550 e. The van der Waals surface area contributed by atoms with Crippen molar-refractivity contribution in [3.8, 4) is 11.5 Å². The van der Waals surface area contributed by atoms with Crippen molar-refractivity contribution in [1.29, 1.82) is 0 Å². The highest BCUT2D eigenvalue weighted by Crippen LogP contribution is 2.39. The number of carboxylic acids is 1. The first-order valence-corrected chi connectivity index (χ1v) is 10.5. The van der Waals surface area contributed by atoms with E-state index in [0.717, 1.165) is 27.6 Å². The number of carbonyl (C=O) groups excluding carboxylic acids is 2. The van der Waals surface area contributed by atoms with Crippen LogP contribution in [-0.4, -0.2) is 44.1 Å². The molecule has 1 atom stereocenters. The van der Waals surface area contributed by atoms with E-state index in [1.807, 2.05) is 53.4 Å². The molecule has 0 aliphatic carbocycles. The number of hydrogen-bond donors (Lipinski definition) is 1. The summed E-state index contributed by atoms with van der Waals surface area (Å²) in [6.07, 6.45) is 0.449. The zero-order valence-electron chi connectivity index (χ0n) is 18.1. The Morgan fingerprint density at radius 2 is 1.78 bits per heavy atom. The van der Waals surface area contributed by atoms with Crippen LogP contribution >= 0.6 is 0 Å². The van der Waals surface area contributed by atoms with Crippen molar-refractivity contribution in [2.45, 2.75) is 18.9 Å². The minimum Gasteiger partial charge on any atom is -0.550 e.